The van der Waals surface area contributed by atoms with Crippen molar-refractivity contribution in [3.63, 3.8) is 0 Å². The summed E-state index contributed by atoms with van der Waals surface area (Å²) in [6.45, 7) is 0.769. The SMILES string of the molecule is C1=NCc2ccc(Nc3nnc(-c4cccc(-c5cn[nH]c5)c4)s3)cc21. The van der Waals surface area contributed by atoms with Gasteiger partial charge in [-0.1, -0.05) is 35.6 Å². The van der Waals surface area contributed by atoms with Crippen molar-refractivity contribution in [2.45, 2.75) is 6.54 Å². The molecule has 26 heavy (non-hydrogen) atoms. The molecule has 7 heteroatoms. The van der Waals surface area contributed by atoms with E-state index in [2.05, 4.69) is 55.0 Å². The highest BCUT2D eigenvalue weighted by molar-refractivity contribution is 7.18. The minimum Gasteiger partial charge on any atom is -0.330 e. The Morgan fingerprint density at radius 1 is 1.00 bits per heavy atom. The van der Waals surface area contributed by atoms with E-state index in [9.17, 15) is 0 Å². The van der Waals surface area contributed by atoms with Crippen LogP contribution >= 0.6 is 11.3 Å². The summed E-state index contributed by atoms with van der Waals surface area (Å²) < 4.78 is 0. The fraction of sp³-hybridized carbons (Fsp3) is 0.0526. The average Bonchev–Trinajstić information content (AvgIpc) is 3.43. The molecule has 1 aliphatic rings. The third-order valence-corrected chi connectivity index (χ3v) is 5.14. The fourth-order valence-corrected chi connectivity index (χ4v) is 3.69. The number of nitrogens with one attached hydrogen (secondary N) is 2. The van der Waals surface area contributed by atoms with Crippen molar-refractivity contribution in [3.8, 4) is 21.7 Å². The number of hydrogen-bond donors (Lipinski definition) is 2. The maximum atomic E-state index is 4.33. The molecule has 3 heterocycles. The first-order chi connectivity index (χ1) is 12.8. The van der Waals surface area contributed by atoms with Gasteiger partial charge in [-0.2, -0.15) is 5.10 Å². The van der Waals surface area contributed by atoms with Crippen molar-refractivity contribution in [1.29, 1.82) is 0 Å². The van der Waals surface area contributed by atoms with E-state index in [1.165, 1.54) is 16.9 Å². The summed E-state index contributed by atoms with van der Waals surface area (Å²) in [5.74, 6) is 0. The van der Waals surface area contributed by atoms with Crippen molar-refractivity contribution < 1.29 is 0 Å². The van der Waals surface area contributed by atoms with Crippen LogP contribution in [0.3, 0.4) is 0 Å². The number of benzene rings is 2. The minimum atomic E-state index is 0.767. The van der Waals surface area contributed by atoms with E-state index < -0.39 is 0 Å². The van der Waals surface area contributed by atoms with Crippen LogP contribution in [0.25, 0.3) is 21.7 Å². The average molecular weight is 358 g/mol. The van der Waals surface area contributed by atoms with Gasteiger partial charge in [-0.15, -0.1) is 10.2 Å². The molecule has 0 bridgehead atoms. The second kappa shape index (κ2) is 6.20. The first kappa shape index (κ1) is 15.0. The van der Waals surface area contributed by atoms with Crippen LogP contribution in [-0.2, 0) is 6.54 Å². The number of aromatic nitrogens is 4. The topological polar surface area (TPSA) is 78.8 Å². The number of hydrogen-bond acceptors (Lipinski definition) is 6. The van der Waals surface area contributed by atoms with E-state index in [1.54, 1.807) is 0 Å². The highest BCUT2D eigenvalue weighted by Gasteiger charge is 2.10. The van der Waals surface area contributed by atoms with Gasteiger partial charge in [-0.05, 0) is 34.9 Å². The standard InChI is InChI=1S/C19H14N6S/c1-2-12(16-10-21-22-11-16)6-13(3-1)18-24-25-19(26-18)23-17-5-4-14-8-20-9-15(14)7-17/h1-7,9-11H,8H2,(H,21,22)(H,23,25). The van der Waals surface area contributed by atoms with Crippen LogP contribution in [0.5, 0.6) is 0 Å². The van der Waals surface area contributed by atoms with Crippen molar-refractivity contribution in [1.82, 2.24) is 20.4 Å². The van der Waals surface area contributed by atoms with Crippen LogP contribution < -0.4 is 5.32 Å². The number of H-pyrrole nitrogens is 1. The Morgan fingerprint density at radius 3 is 2.88 bits per heavy atom. The lowest BCUT2D eigenvalue weighted by Crippen LogP contribution is -1.92. The molecule has 0 spiro atoms. The Kier molecular flexibility index (Phi) is 3.57. The zero-order valence-corrected chi connectivity index (χ0v) is 14.5. The van der Waals surface area contributed by atoms with Crippen LogP contribution in [0, 0.1) is 0 Å². The molecule has 0 saturated carbocycles. The highest BCUT2D eigenvalue weighted by Crippen LogP contribution is 2.31. The quantitative estimate of drug-likeness (QED) is 0.571. The van der Waals surface area contributed by atoms with Gasteiger partial charge in [0.1, 0.15) is 5.01 Å². The Hall–Kier alpha value is -3.32. The Labute approximate surface area is 153 Å². The van der Waals surface area contributed by atoms with Gasteiger partial charge in [0.15, 0.2) is 0 Å². The molecule has 4 aromatic rings. The zero-order chi connectivity index (χ0) is 17.3. The van der Waals surface area contributed by atoms with Gasteiger partial charge in [0.05, 0.1) is 12.7 Å². The summed E-state index contributed by atoms with van der Waals surface area (Å²) in [6.07, 6.45) is 5.60. The van der Waals surface area contributed by atoms with E-state index in [-0.39, 0.29) is 0 Å². The molecular formula is C19H14N6S. The van der Waals surface area contributed by atoms with Crippen LogP contribution in [0.2, 0.25) is 0 Å². The number of fused-ring (bicyclic) bond motifs is 1. The maximum absolute atomic E-state index is 4.33. The van der Waals surface area contributed by atoms with Crippen LogP contribution in [0.1, 0.15) is 11.1 Å². The largest absolute Gasteiger partial charge is 0.330 e. The third kappa shape index (κ3) is 2.78. The van der Waals surface area contributed by atoms with Gasteiger partial charge < -0.3 is 5.32 Å². The van der Waals surface area contributed by atoms with E-state index in [0.29, 0.717) is 0 Å². The molecule has 0 atom stereocenters. The molecule has 0 unspecified atom stereocenters. The molecule has 1 aliphatic heterocycles. The highest BCUT2D eigenvalue weighted by atomic mass is 32.1. The number of nitrogens with zero attached hydrogens (tertiary/aromatic N) is 4. The van der Waals surface area contributed by atoms with Gasteiger partial charge in [-0.3, -0.25) is 10.1 Å². The Morgan fingerprint density at radius 2 is 1.96 bits per heavy atom. The van der Waals surface area contributed by atoms with Crippen LogP contribution in [-0.4, -0.2) is 26.6 Å². The molecule has 5 rings (SSSR count). The normalized spacial score (nSPS) is 12.3. The molecular weight excluding hydrogens is 344 g/mol. The number of rotatable bonds is 4. The lowest BCUT2D eigenvalue weighted by atomic mass is 10.1. The molecule has 0 radical (unpaired) electrons. The lowest BCUT2D eigenvalue weighted by molar-refractivity contribution is 1.09. The molecule has 0 fully saturated rings. The monoisotopic (exact) mass is 358 g/mol. The number of aromatic amines is 1. The minimum absolute atomic E-state index is 0.767. The third-order valence-electron chi connectivity index (χ3n) is 4.26. The lowest BCUT2D eigenvalue weighted by Gasteiger charge is -2.04. The smallest absolute Gasteiger partial charge is 0.210 e. The van der Waals surface area contributed by atoms with E-state index in [1.807, 2.05) is 36.8 Å². The van der Waals surface area contributed by atoms with Crippen LogP contribution in [0.15, 0.2) is 59.9 Å². The summed E-state index contributed by atoms with van der Waals surface area (Å²) >= 11 is 1.53. The van der Waals surface area contributed by atoms with Gasteiger partial charge in [-0.25, -0.2) is 0 Å². The molecule has 0 saturated heterocycles. The zero-order valence-electron chi connectivity index (χ0n) is 13.7. The summed E-state index contributed by atoms with van der Waals surface area (Å²) in [5.41, 5.74) is 6.59. The molecule has 0 aliphatic carbocycles. The van der Waals surface area contributed by atoms with Crippen molar-refractivity contribution in [2.24, 2.45) is 4.99 Å². The molecule has 2 aromatic carbocycles. The van der Waals surface area contributed by atoms with Crippen molar-refractivity contribution in [3.05, 3.63) is 66.0 Å². The summed E-state index contributed by atoms with van der Waals surface area (Å²) in [4.78, 5) is 4.29. The molecule has 0 amide bonds. The molecule has 126 valence electrons. The molecule has 2 N–H and O–H groups in total. The Balaban J connectivity index is 1.40. The van der Waals surface area contributed by atoms with Gasteiger partial charge >= 0.3 is 0 Å². The van der Waals surface area contributed by atoms with Gasteiger partial charge in [0, 0.05) is 29.2 Å². The summed E-state index contributed by atoms with van der Waals surface area (Å²) in [5, 5.41) is 20.4. The predicted molar refractivity (Wildman–Crippen MR) is 104 cm³/mol. The summed E-state index contributed by atoms with van der Waals surface area (Å²) in [7, 11) is 0. The fourth-order valence-electron chi connectivity index (χ4n) is 2.93. The molecule has 6 nitrogen and oxygen atoms in total. The van der Waals surface area contributed by atoms with E-state index in [4.69, 9.17) is 0 Å². The van der Waals surface area contributed by atoms with Gasteiger partial charge in [0.2, 0.25) is 5.13 Å². The number of anilines is 2. The Bertz CT molecular complexity index is 1100. The molecule has 2 aromatic heterocycles. The number of aliphatic imine (C=N–C) groups is 1. The first-order valence-electron chi connectivity index (χ1n) is 8.18. The second-order valence-electron chi connectivity index (χ2n) is 5.99. The first-order valence-corrected chi connectivity index (χ1v) is 9.00. The summed E-state index contributed by atoms with van der Waals surface area (Å²) in [6, 6.07) is 14.5. The van der Waals surface area contributed by atoms with E-state index in [0.717, 1.165) is 44.6 Å². The second-order valence-corrected chi connectivity index (χ2v) is 6.97. The van der Waals surface area contributed by atoms with Crippen LogP contribution in [0.4, 0.5) is 10.8 Å². The van der Waals surface area contributed by atoms with Crippen molar-refractivity contribution in [2.75, 3.05) is 5.32 Å². The predicted octanol–water partition coefficient (Wildman–Crippen LogP) is 4.27. The van der Waals surface area contributed by atoms with Crippen molar-refractivity contribution >= 4 is 28.4 Å². The van der Waals surface area contributed by atoms with E-state index >= 15 is 0 Å². The van der Waals surface area contributed by atoms with Gasteiger partial charge in [0.25, 0.3) is 0 Å². The maximum Gasteiger partial charge on any atom is 0.210 e.